The zero-order valence-electron chi connectivity index (χ0n) is 7.00. The van der Waals surface area contributed by atoms with Crippen molar-refractivity contribution in [1.82, 2.24) is 0 Å². The average molecular weight is 167 g/mol. The molecule has 0 spiro atoms. The minimum atomic E-state index is 0.601. The van der Waals surface area contributed by atoms with E-state index in [2.05, 4.69) is 24.9 Å². The maximum absolute atomic E-state index is 4.58. The molecule has 0 bridgehead atoms. The SMILES string of the molecule is CC1=CCC2N=C(C)SC2C1. The van der Waals surface area contributed by atoms with Crippen molar-refractivity contribution in [1.29, 1.82) is 0 Å². The van der Waals surface area contributed by atoms with Gasteiger partial charge >= 0.3 is 0 Å². The number of hydrogen-bond acceptors (Lipinski definition) is 2. The molecule has 0 aromatic rings. The quantitative estimate of drug-likeness (QED) is 0.505. The number of fused-ring (bicyclic) bond motifs is 1. The first kappa shape index (κ1) is 7.41. The largest absolute Gasteiger partial charge is 0.278 e. The summed E-state index contributed by atoms with van der Waals surface area (Å²) < 4.78 is 0. The highest BCUT2D eigenvalue weighted by atomic mass is 32.2. The van der Waals surface area contributed by atoms with E-state index in [9.17, 15) is 0 Å². The molecular weight excluding hydrogens is 154 g/mol. The minimum absolute atomic E-state index is 0.601. The van der Waals surface area contributed by atoms with Gasteiger partial charge in [-0.15, -0.1) is 11.8 Å². The highest BCUT2D eigenvalue weighted by Gasteiger charge is 2.29. The molecule has 0 N–H and O–H groups in total. The summed E-state index contributed by atoms with van der Waals surface area (Å²) in [6, 6.07) is 0.601. The van der Waals surface area contributed by atoms with Gasteiger partial charge in [0.1, 0.15) is 0 Å². The maximum Gasteiger partial charge on any atom is 0.0668 e. The molecule has 11 heavy (non-hydrogen) atoms. The van der Waals surface area contributed by atoms with E-state index < -0.39 is 0 Å². The Morgan fingerprint density at radius 2 is 2.36 bits per heavy atom. The summed E-state index contributed by atoms with van der Waals surface area (Å²) in [6.07, 6.45) is 4.75. The molecule has 0 aromatic heterocycles. The van der Waals surface area contributed by atoms with E-state index in [1.165, 1.54) is 17.9 Å². The molecule has 0 saturated carbocycles. The van der Waals surface area contributed by atoms with Crippen LogP contribution in [-0.4, -0.2) is 16.3 Å². The first-order chi connectivity index (χ1) is 5.25. The third-order valence-electron chi connectivity index (χ3n) is 2.33. The van der Waals surface area contributed by atoms with Crippen molar-refractivity contribution in [3.63, 3.8) is 0 Å². The van der Waals surface area contributed by atoms with Gasteiger partial charge in [0.25, 0.3) is 0 Å². The smallest absolute Gasteiger partial charge is 0.0668 e. The van der Waals surface area contributed by atoms with Crippen LogP contribution in [0.3, 0.4) is 0 Å². The number of nitrogens with zero attached hydrogens (tertiary/aromatic N) is 1. The third-order valence-corrected chi connectivity index (χ3v) is 3.56. The second-order valence-electron chi connectivity index (χ2n) is 3.36. The minimum Gasteiger partial charge on any atom is -0.278 e. The van der Waals surface area contributed by atoms with Gasteiger partial charge in [0.05, 0.1) is 11.1 Å². The molecule has 0 amide bonds. The lowest BCUT2D eigenvalue weighted by Gasteiger charge is -2.20. The molecule has 0 saturated heterocycles. The van der Waals surface area contributed by atoms with Crippen LogP contribution in [0.1, 0.15) is 26.7 Å². The zero-order valence-corrected chi connectivity index (χ0v) is 7.82. The molecule has 2 aliphatic rings. The summed E-state index contributed by atoms with van der Waals surface area (Å²) in [7, 11) is 0. The summed E-state index contributed by atoms with van der Waals surface area (Å²) in [4.78, 5) is 4.58. The summed E-state index contributed by atoms with van der Waals surface area (Å²) in [5.74, 6) is 0. The van der Waals surface area contributed by atoms with E-state index in [1.807, 2.05) is 11.8 Å². The number of rotatable bonds is 0. The predicted molar refractivity (Wildman–Crippen MR) is 51.3 cm³/mol. The predicted octanol–water partition coefficient (Wildman–Crippen LogP) is 2.63. The van der Waals surface area contributed by atoms with Gasteiger partial charge in [0, 0.05) is 5.25 Å². The van der Waals surface area contributed by atoms with Crippen LogP contribution in [-0.2, 0) is 0 Å². The normalized spacial score (nSPS) is 36.2. The van der Waals surface area contributed by atoms with Crippen molar-refractivity contribution in [2.75, 3.05) is 0 Å². The number of aliphatic imine (C=N–C) groups is 1. The van der Waals surface area contributed by atoms with Crippen molar-refractivity contribution in [2.45, 2.75) is 38.0 Å². The van der Waals surface area contributed by atoms with E-state index in [4.69, 9.17) is 0 Å². The topological polar surface area (TPSA) is 12.4 Å². The second-order valence-corrected chi connectivity index (χ2v) is 4.79. The number of thioether (sulfide) groups is 1. The standard InChI is InChI=1S/C9H13NS/c1-6-3-4-8-9(5-6)11-7(2)10-8/h3,8-9H,4-5H2,1-2H3. The van der Waals surface area contributed by atoms with Crippen LogP contribution in [0.15, 0.2) is 16.6 Å². The van der Waals surface area contributed by atoms with Gasteiger partial charge < -0.3 is 0 Å². The lowest BCUT2D eigenvalue weighted by molar-refractivity contribution is 0.619. The Balaban J connectivity index is 2.13. The lowest BCUT2D eigenvalue weighted by atomic mass is 9.96. The molecule has 1 nitrogen and oxygen atoms in total. The molecule has 2 atom stereocenters. The molecular formula is C9H13NS. The monoisotopic (exact) mass is 167 g/mol. The van der Waals surface area contributed by atoms with Crippen molar-refractivity contribution in [3.8, 4) is 0 Å². The maximum atomic E-state index is 4.58. The summed E-state index contributed by atoms with van der Waals surface area (Å²) in [6.45, 7) is 4.35. The van der Waals surface area contributed by atoms with Crippen molar-refractivity contribution < 1.29 is 0 Å². The fourth-order valence-corrected chi connectivity index (χ4v) is 3.06. The Kier molecular flexibility index (Phi) is 1.80. The van der Waals surface area contributed by atoms with Gasteiger partial charge in [-0.3, -0.25) is 4.99 Å². The fraction of sp³-hybridized carbons (Fsp3) is 0.667. The van der Waals surface area contributed by atoms with Crippen LogP contribution in [0.5, 0.6) is 0 Å². The number of allylic oxidation sites excluding steroid dienone is 1. The van der Waals surface area contributed by atoms with Crippen LogP contribution < -0.4 is 0 Å². The van der Waals surface area contributed by atoms with Gasteiger partial charge in [0.15, 0.2) is 0 Å². The van der Waals surface area contributed by atoms with Gasteiger partial charge in [-0.1, -0.05) is 11.6 Å². The van der Waals surface area contributed by atoms with Gasteiger partial charge in [-0.2, -0.15) is 0 Å². The van der Waals surface area contributed by atoms with E-state index in [0.29, 0.717) is 6.04 Å². The van der Waals surface area contributed by atoms with Gasteiger partial charge in [-0.25, -0.2) is 0 Å². The average Bonchev–Trinajstić information content (AvgIpc) is 2.27. The summed E-state index contributed by atoms with van der Waals surface area (Å²) in [5.41, 5.74) is 1.55. The molecule has 0 fully saturated rings. The van der Waals surface area contributed by atoms with Crippen LogP contribution in [0.25, 0.3) is 0 Å². The van der Waals surface area contributed by atoms with Gasteiger partial charge in [0.2, 0.25) is 0 Å². The Hall–Kier alpha value is -0.240. The van der Waals surface area contributed by atoms with E-state index >= 15 is 0 Å². The molecule has 2 unspecified atom stereocenters. The molecule has 1 aliphatic heterocycles. The second kappa shape index (κ2) is 2.67. The fourth-order valence-electron chi connectivity index (χ4n) is 1.75. The van der Waals surface area contributed by atoms with E-state index in [1.54, 1.807) is 5.57 Å². The first-order valence-electron chi connectivity index (χ1n) is 4.12. The molecule has 1 aliphatic carbocycles. The summed E-state index contributed by atoms with van der Waals surface area (Å²) in [5, 5.41) is 2.04. The molecule has 1 heterocycles. The van der Waals surface area contributed by atoms with Crippen LogP contribution in [0.2, 0.25) is 0 Å². The third kappa shape index (κ3) is 1.36. The van der Waals surface area contributed by atoms with E-state index in [-0.39, 0.29) is 0 Å². The Bertz CT molecular complexity index is 230. The summed E-state index contributed by atoms with van der Waals surface area (Å²) >= 11 is 1.96. The Labute approximate surface area is 72.0 Å². The molecule has 2 rings (SSSR count). The highest BCUT2D eigenvalue weighted by Crippen LogP contribution is 2.36. The lowest BCUT2D eigenvalue weighted by Crippen LogP contribution is -2.20. The zero-order chi connectivity index (χ0) is 7.84. The van der Waals surface area contributed by atoms with Crippen molar-refractivity contribution >= 4 is 16.8 Å². The van der Waals surface area contributed by atoms with E-state index in [0.717, 1.165) is 5.25 Å². The van der Waals surface area contributed by atoms with Crippen LogP contribution in [0.4, 0.5) is 0 Å². The molecule has 2 heteroatoms. The van der Waals surface area contributed by atoms with Crippen LogP contribution >= 0.6 is 11.8 Å². The first-order valence-corrected chi connectivity index (χ1v) is 5.00. The molecule has 0 aromatic carbocycles. The Morgan fingerprint density at radius 1 is 1.55 bits per heavy atom. The van der Waals surface area contributed by atoms with Gasteiger partial charge in [-0.05, 0) is 26.7 Å². The van der Waals surface area contributed by atoms with Crippen molar-refractivity contribution in [2.24, 2.45) is 4.99 Å². The molecule has 0 radical (unpaired) electrons. The number of hydrogen-bond donors (Lipinski definition) is 0. The van der Waals surface area contributed by atoms with Crippen LogP contribution in [0, 0.1) is 0 Å². The molecule has 60 valence electrons. The van der Waals surface area contributed by atoms with Crippen molar-refractivity contribution in [3.05, 3.63) is 11.6 Å². The highest BCUT2D eigenvalue weighted by molar-refractivity contribution is 8.14. The Morgan fingerprint density at radius 3 is 3.18 bits per heavy atom.